The fraction of sp³-hybridized carbons (Fsp3) is 0.769. The van der Waals surface area contributed by atoms with E-state index in [1.807, 2.05) is 11.1 Å². The number of rotatable bonds is 5. The Hall–Kier alpha value is -1.43. The van der Waals surface area contributed by atoms with Gasteiger partial charge in [0.25, 0.3) is 0 Å². The monoisotopic (exact) mass is 265 g/mol. The van der Waals surface area contributed by atoms with Crippen LogP contribution in [0.2, 0.25) is 0 Å². The quantitative estimate of drug-likeness (QED) is 0.844. The van der Waals surface area contributed by atoms with Crippen LogP contribution >= 0.6 is 0 Å². The summed E-state index contributed by atoms with van der Waals surface area (Å²) in [6, 6.07) is 0.349. The molecule has 1 unspecified atom stereocenters. The van der Waals surface area contributed by atoms with Crippen LogP contribution in [-0.2, 0) is 17.8 Å². The standard InChI is InChI=1S/C13H23N5O/c1-11-5-2-3-8-18(11)13(19)10-17-9-12(15-16-17)6-4-7-14/h9,11H,2-8,10,14H2,1H3. The van der Waals surface area contributed by atoms with Gasteiger partial charge >= 0.3 is 0 Å². The van der Waals surface area contributed by atoms with E-state index < -0.39 is 0 Å². The molecule has 1 aromatic rings. The van der Waals surface area contributed by atoms with Gasteiger partial charge in [0.1, 0.15) is 6.54 Å². The van der Waals surface area contributed by atoms with E-state index in [2.05, 4.69) is 17.2 Å². The van der Waals surface area contributed by atoms with Crippen molar-refractivity contribution in [2.24, 2.45) is 5.73 Å². The Morgan fingerprint density at radius 2 is 2.37 bits per heavy atom. The third kappa shape index (κ3) is 3.76. The summed E-state index contributed by atoms with van der Waals surface area (Å²) in [6.45, 7) is 3.93. The van der Waals surface area contributed by atoms with Crippen LogP contribution in [0.1, 0.15) is 38.3 Å². The molecule has 1 aliphatic rings. The first-order valence-electron chi connectivity index (χ1n) is 7.09. The fourth-order valence-electron chi connectivity index (χ4n) is 2.51. The lowest BCUT2D eigenvalue weighted by Gasteiger charge is -2.33. The maximum atomic E-state index is 12.2. The average Bonchev–Trinajstić information content (AvgIpc) is 2.84. The van der Waals surface area contributed by atoms with Gasteiger partial charge in [-0.15, -0.1) is 5.10 Å². The van der Waals surface area contributed by atoms with Crippen molar-refractivity contribution < 1.29 is 4.79 Å². The van der Waals surface area contributed by atoms with Crippen LogP contribution in [0.25, 0.3) is 0 Å². The van der Waals surface area contributed by atoms with Gasteiger partial charge in [-0.3, -0.25) is 4.79 Å². The molecule has 0 aromatic carbocycles. The van der Waals surface area contributed by atoms with Crippen molar-refractivity contribution in [1.82, 2.24) is 19.9 Å². The first-order chi connectivity index (χ1) is 9.20. The smallest absolute Gasteiger partial charge is 0.244 e. The predicted molar refractivity (Wildman–Crippen MR) is 72.4 cm³/mol. The molecule has 0 saturated carbocycles. The number of nitrogens with zero attached hydrogens (tertiary/aromatic N) is 4. The van der Waals surface area contributed by atoms with E-state index in [4.69, 9.17) is 5.73 Å². The molecule has 1 saturated heterocycles. The van der Waals surface area contributed by atoms with Gasteiger partial charge in [0.05, 0.1) is 5.69 Å². The van der Waals surface area contributed by atoms with Gasteiger partial charge in [0.15, 0.2) is 0 Å². The lowest BCUT2D eigenvalue weighted by molar-refractivity contribution is -0.135. The van der Waals surface area contributed by atoms with Gasteiger partial charge in [0, 0.05) is 18.8 Å². The molecule has 106 valence electrons. The van der Waals surface area contributed by atoms with E-state index in [0.29, 0.717) is 19.1 Å². The molecule has 0 bridgehead atoms. The summed E-state index contributed by atoms with van der Waals surface area (Å²) < 4.78 is 1.63. The number of aromatic nitrogens is 3. The van der Waals surface area contributed by atoms with E-state index in [-0.39, 0.29) is 5.91 Å². The maximum absolute atomic E-state index is 12.2. The molecule has 0 aliphatic carbocycles. The molecule has 2 rings (SSSR count). The zero-order valence-electron chi connectivity index (χ0n) is 11.6. The number of piperidine rings is 1. The minimum atomic E-state index is 0.141. The molecule has 0 radical (unpaired) electrons. The molecule has 1 fully saturated rings. The Kier molecular flexibility index (Phi) is 4.90. The summed E-state index contributed by atoms with van der Waals surface area (Å²) in [5.41, 5.74) is 6.37. The first kappa shape index (κ1) is 14.0. The molecule has 2 heterocycles. The van der Waals surface area contributed by atoms with Crippen molar-refractivity contribution in [3.05, 3.63) is 11.9 Å². The number of aryl methyl sites for hydroxylation is 1. The molecular formula is C13H23N5O. The highest BCUT2D eigenvalue weighted by molar-refractivity contribution is 5.76. The highest BCUT2D eigenvalue weighted by Crippen LogP contribution is 2.16. The minimum Gasteiger partial charge on any atom is -0.338 e. The summed E-state index contributed by atoms with van der Waals surface area (Å²) in [4.78, 5) is 14.2. The number of nitrogens with two attached hydrogens (primary N) is 1. The molecule has 1 aliphatic heterocycles. The molecule has 0 spiro atoms. The molecule has 19 heavy (non-hydrogen) atoms. The van der Waals surface area contributed by atoms with Crippen molar-refractivity contribution in [2.45, 2.75) is 51.6 Å². The highest BCUT2D eigenvalue weighted by atomic mass is 16.2. The second kappa shape index (κ2) is 6.65. The zero-order chi connectivity index (χ0) is 13.7. The van der Waals surface area contributed by atoms with Crippen molar-refractivity contribution in [1.29, 1.82) is 0 Å². The second-order valence-electron chi connectivity index (χ2n) is 5.23. The van der Waals surface area contributed by atoms with Crippen LogP contribution in [0.4, 0.5) is 0 Å². The van der Waals surface area contributed by atoms with Crippen molar-refractivity contribution in [3.63, 3.8) is 0 Å². The molecule has 6 nitrogen and oxygen atoms in total. The maximum Gasteiger partial charge on any atom is 0.244 e. The topological polar surface area (TPSA) is 77.0 Å². The van der Waals surface area contributed by atoms with Gasteiger partial charge in [-0.05, 0) is 45.6 Å². The average molecular weight is 265 g/mol. The van der Waals surface area contributed by atoms with Crippen LogP contribution in [-0.4, -0.2) is 44.9 Å². The molecule has 1 atom stereocenters. The van der Waals surface area contributed by atoms with Crippen molar-refractivity contribution in [2.75, 3.05) is 13.1 Å². The van der Waals surface area contributed by atoms with E-state index in [1.165, 1.54) is 6.42 Å². The number of likely N-dealkylation sites (tertiary alicyclic amines) is 1. The van der Waals surface area contributed by atoms with Crippen LogP contribution in [0.3, 0.4) is 0 Å². The Labute approximate surface area is 113 Å². The largest absolute Gasteiger partial charge is 0.338 e. The lowest BCUT2D eigenvalue weighted by atomic mass is 10.0. The van der Waals surface area contributed by atoms with Crippen molar-refractivity contribution >= 4 is 5.91 Å². The number of carbonyl (C=O) groups is 1. The second-order valence-corrected chi connectivity index (χ2v) is 5.23. The lowest BCUT2D eigenvalue weighted by Crippen LogP contribution is -2.43. The summed E-state index contributed by atoms with van der Waals surface area (Å²) in [6.07, 6.45) is 7.00. The Morgan fingerprint density at radius 1 is 1.53 bits per heavy atom. The third-order valence-electron chi connectivity index (χ3n) is 3.64. The minimum absolute atomic E-state index is 0.141. The summed E-state index contributed by atoms with van der Waals surface area (Å²) >= 11 is 0. The normalized spacial score (nSPS) is 19.7. The summed E-state index contributed by atoms with van der Waals surface area (Å²) in [7, 11) is 0. The highest BCUT2D eigenvalue weighted by Gasteiger charge is 2.23. The molecule has 6 heteroatoms. The first-order valence-corrected chi connectivity index (χ1v) is 7.09. The Bertz CT molecular complexity index is 417. The predicted octanol–water partition coefficient (Wildman–Crippen LogP) is 0.570. The third-order valence-corrected chi connectivity index (χ3v) is 3.64. The zero-order valence-corrected chi connectivity index (χ0v) is 11.6. The molecular weight excluding hydrogens is 242 g/mol. The molecule has 1 amide bonds. The SMILES string of the molecule is CC1CCCCN1C(=O)Cn1cc(CCCN)nn1. The number of hydrogen-bond donors (Lipinski definition) is 1. The van der Waals surface area contributed by atoms with E-state index in [1.54, 1.807) is 4.68 Å². The van der Waals surface area contributed by atoms with E-state index in [0.717, 1.165) is 37.9 Å². The molecule has 2 N–H and O–H groups in total. The number of hydrogen-bond acceptors (Lipinski definition) is 4. The molecule has 1 aromatic heterocycles. The van der Waals surface area contributed by atoms with Gasteiger partial charge in [0.2, 0.25) is 5.91 Å². The van der Waals surface area contributed by atoms with Crippen LogP contribution in [0, 0.1) is 0 Å². The van der Waals surface area contributed by atoms with Crippen LogP contribution in [0.5, 0.6) is 0 Å². The van der Waals surface area contributed by atoms with Gasteiger partial charge in [-0.25, -0.2) is 4.68 Å². The summed E-state index contributed by atoms with van der Waals surface area (Å²) in [5, 5.41) is 8.06. The number of carbonyl (C=O) groups excluding carboxylic acids is 1. The van der Waals surface area contributed by atoms with Crippen molar-refractivity contribution in [3.8, 4) is 0 Å². The van der Waals surface area contributed by atoms with Crippen LogP contribution < -0.4 is 5.73 Å². The van der Waals surface area contributed by atoms with Gasteiger partial charge < -0.3 is 10.6 Å². The van der Waals surface area contributed by atoms with E-state index in [9.17, 15) is 4.79 Å². The van der Waals surface area contributed by atoms with E-state index >= 15 is 0 Å². The fourth-order valence-corrected chi connectivity index (χ4v) is 2.51. The Balaban J connectivity index is 1.89. The van der Waals surface area contributed by atoms with Gasteiger partial charge in [-0.2, -0.15) is 0 Å². The number of amides is 1. The summed E-state index contributed by atoms with van der Waals surface area (Å²) in [5.74, 6) is 0.141. The van der Waals surface area contributed by atoms with Gasteiger partial charge in [-0.1, -0.05) is 5.21 Å². The van der Waals surface area contributed by atoms with Crippen LogP contribution in [0.15, 0.2) is 6.20 Å². The Morgan fingerprint density at radius 3 is 3.11 bits per heavy atom.